The van der Waals surface area contributed by atoms with Crippen LogP contribution in [-0.2, 0) is 4.74 Å². The summed E-state index contributed by atoms with van der Waals surface area (Å²) in [4.78, 5) is 0. The standard InChI is InChI=1S/C10H23NO2/c1-8(2)6-9(7-11)10(12)4-5-13-3/h8-10,12H,4-7,11H2,1-3H3. The van der Waals surface area contributed by atoms with Crippen molar-refractivity contribution in [2.24, 2.45) is 17.6 Å². The lowest BCUT2D eigenvalue weighted by atomic mass is 9.91. The molecule has 3 nitrogen and oxygen atoms in total. The van der Waals surface area contributed by atoms with Crippen LogP contribution in [0.1, 0.15) is 26.7 Å². The smallest absolute Gasteiger partial charge is 0.0602 e. The van der Waals surface area contributed by atoms with E-state index in [0.29, 0.717) is 25.5 Å². The van der Waals surface area contributed by atoms with E-state index in [1.54, 1.807) is 7.11 Å². The predicted octanol–water partition coefficient (Wildman–Crippen LogP) is 1.00. The fourth-order valence-electron chi connectivity index (χ4n) is 1.49. The Morgan fingerprint density at radius 3 is 2.38 bits per heavy atom. The number of hydrogen-bond donors (Lipinski definition) is 2. The van der Waals surface area contributed by atoms with Gasteiger partial charge in [-0.3, -0.25) is 0 Å². The van der Waals surface area contributed by atoms with Crippen LogP contribution in [0.5, 0.6) is 0 Å². The maximum atomic E-state index is 9.73. The second-order valence-electron chi connectivity index (χ2n) is 3.97. The molecule has 0 radical (unpaired) electrons. The Morgan fingerprint density at radius 1 is 1.38 bits per heavy atom. The van der Waals surface area contributed by atoms with Gasteiger partial charge in [0, 0.05) is 13.7 Å². The highest BCUT2D eigenvalue weighted by molar-refractivity contribution is 4.70. The minimum atomic E-state index is -0.313. The summed E-state index contributed by atoms with van der Waals surface area (Å²) in [7, 11) is 1.65. The molecule has 3 N–H and O–H groups in total. The molecule has 0 aliphatic rings. The predicted molar refractivity (Wildman–Crippen MR) is 54.5 cm³/mol. The van der Waals surface area contributed by atoms with E-state index in [0.717, 1.165) is 6.42 Å². The van der Waals surface area contributed by atoms with Crippen molar-refractivity contribution in [2.45, 2.75) is 32.8 Å². The third kappa shape index (κ3) is 6.02. The first-order valence-corrected chi connectivity index (χ1v) is 4.98. The van der Waals surface area contributed by atoms with Gasteiger partial charge < -0.3 is 15.6 Å². The summed E-state index contributed by atoms with van der Waals surface area (Å²) in [5.74, 6) is 0.806. The fraction of sp³-hybridized carbons (Fsp3) is 1.00. The Balaban J connectivity index is 3.77. The molecule has 80 valence electrons. The lowest BCUT2D eigenvalue weighted by molar-refractivity contribution is 0.0611. The number of ether oxygens (including phenoxy) is 1. The Kier molecular flexibility index (Phi) is 7.23. The summed E-state index contributed by atoms with van der Waals surface area (Å²) < 4.78 is 4.91. The van der Waals surface area contributed by atoms with E-state index < -0.39 is 0 Å². The van der Waals surface area contributed by atoms with Gasteiger partial charge >= 0.3 is 0 Å². The molecular weight excluding hydrogens is 166 g/mol. The number of methoxy groups -OCH3 is 1. The van der Waals surface area contributed by atoms with E-state index in [9.17, 15) is 5.11 Å². The van der Waals surface area contributed by atoms with Gasteiger partial charge in [-0.2, -0.15) is 0 Å². The highest BCUT2D eigenvalue weighted by Crippen LogP contribution is 2.16. The molecule has 0 aromatic carbocycles. The molecule has 0 aromatic heterocycles. The average molecular weight is 189 g/mol. The molecule has 0 bridgehead atoms. The zero-order valence-electron chi connectivity index (χ0n) is 8.99. The molecule has 0 aliphatic carbocycles. The van der Waals surface area contributed by atoms with Crippen LogP contribution < -0.4 is 5.73 Å². The Hall–Kier alpha value is -0.120. The van der Waals surface area contributed by atoms with Crippen LogP contribution in [0.25, 0.3) is 0 Å². The first-order chi connectivity index (χ1) is 6.11. The SMILES string of the molecule is COCCC(O)C(CN)CC(C)C. The third-order valence-corrected chi connectivity index (χ3v) is 2.24. The lowest BCUT2D eigenvalue weighted by Crippen LogP contribution is -2.30. The molecule has 0 aliphatic heterocycles. The quantitative estimate of drug-likeness (QED) is 0.628. The molecule has 0 amide bonds. The van der Waals surface area contributed by atoms with Crippen LogP contribution in [0.15, 0.2) is 0 Å². The molecule has 0 rings (SSSR count). The Bertz CT molecular complexity index is 117. The number of hydrogen-bond acceptors (Lipinski definition) is 3. The van der Waals surface area contributed by atoms with Crippen molar-refractivity contribution in [3.05, 3.63) is 0 Å². The van der Waals surface area contributed by atoms with Crippen molar-refractivity contribution in [2.75, 3.05) is 20.3 Å². The van der Waals surface area contributed by atoms with Crippen molar-refractivity contribution in [1.29, 1.82) is 0 Å². The summed E-state index contributed by atoms with van der Waals surface area (Å²) in [6.45, 7) is 5.45. The van der Waals surface area contributed by atoms with Crippen LogP contribution in [0.4, 0.5) is 0 Å². The minimum absolute atomic E-state index is 0.218. The second kappa shape index (κ2) is 7.30. The third-order valence-electron chi connectivity index (χ3n) is 2.24. The molecule has 0 saturated heterocycles. The van der Waals surface area contributed by atoms with Crippen molar-refractivity contribution in [1.82, 2.24) is 0 Å². The molecule has 3 heteroatoms. The molecule has 2 atom stereocenters. The van der Waals surface area contributed by atoms with Gasteiger partial charge in [-0.05, 0) is 31.2 Å². The topological polar surface area (TPSA) is 55.5 Å². The minimum Gasteiger partial charge on any atom is -0.393 e. The van der Waals surface area contributed by atoms with Crippen molar-refractivity contribution >= 4 is 0 Å². The highest BCUT2D eigenvalue weighted by Gasteiger charge is 2.18. The summed E-state index contributed by atoms with van der Waals surface area (Å²) in [6, 6.07) is 0. The zero-order chi connectivity index (χ0) is 10.3. The molecular formula is C10H23NO2. The van der Waals surface area contributed by atoms with Gasteiger partial charge in [0.05, 0.1) is 6.10 Å². The van der Waals surface area contributed by atoms with Gasteiger partial charge in [-0.25, -0.2) is 0 Å². The highest BCUT2D eigenvalue weighted by atomic mass is 16.5. The van der Waals surface area contributed by atoms with E-state index in [2.05, 4.69) is 13.8 Å². The van der Waals surface area contributed by atoms with Crippen LogP contribution in [0, 0.1) is 11.8 Å². The van der Waals surface area contributed by atoms with Gasteiger partial charge in [0.2, 0.25) is 0 Å². The van der Waals surface area contributed by atoms with Gasteiger partial charge in [-0.1, -0.05) is 13.8 Å². The number of rotatable bonds is 7. The summed E-state index contributed by atoms with van der Waals surface area (Å²) in [5.41, 5.74) is 5.59. The number of nitrogens with two attached hydrogens (primary N) is 1. The molecule has 0 saturated carbocycles. The van der Waals surface area contributed by atoms with E-state index in [-0.39, 0.29) is 12.0 Å². The van der Waals surface area contributed by atoms with E-state index in [4.69, 9.17) is 10.5 Å². The molecule has 2 unspecified atom stereocenters. The maximum absolute atomic E-state index is 9.73. The molecule has 0 aromatic rings. The largest absolute Gasteiger partial charge is 0.393 e. The van der Waals surface area contributed by atoms with E-state index in [1.807, 2.05) is 0 Å². The van der Waals surface area contributed by atoms with Crippen LogP contribution in [-0.4, -0.2) is 31.5 Å². The van der Waals surface area contributed by atoms with Crippen LogP contribution >= 0.6 is 0 Å². The normalized spacial score (nSPS) is 16.2. The van der Waals surface area contributed by atoms with E-state index in [1.165, 1.54) is 0 Å². The van der Waals surface area contributed by atoms with Crippen molar-refractivity contribution in [3.8, 4) is 0 Å². The van der Waals surface area contributed by atoms with Crippen molar-refractivity contribution < 1.29 is 9.84 Å². The first kappa shape index (κ1) is 12.9. The van der Waals surface area contributed by atoms with Crippen molar-refractivity contribution in [3.63, 3.8) is 0 Å². The monoisotopic (exact) mass is 189 g/mol. The molecule has 0 heterocycles. The maximum Gasteiger partial charge on any atom is 0.0602 e. The summed E-state index contributed by atoms with van der Waals surface area (Å²) in [6.07, 6.45) is 1.36. The van der Waals surface area contributed by atoms with Gasteiger partial charge in [0.15, 0.2) is 0 Å². The Labute approximate surface area is 81.3 Å². The molecule has 13 heavy (non-hydrogen) atoms. The number of aliphatic hydroxyl groups excluding tert-OH is 1. The summed E-state index contributed by atoms with van der Waals surface area (Å²) in [5, 5.41) is 9.73. The average Bonchev–Trinajstić information content (AvgIpc) is 2.09. The van der Waals surface area contributed by atoms with Crippen LogP contribution in [0.2, 0.25) is 0 Å². The van der Waals surface area contributed by atoms with E-state index >= 15 is 0 Å². The first-order valence-electron chi connectivity index (χ1n) is 4.98. The lowest BCUT2D eigenvalue weighted by Gasteiger charge is -2.22. The van der Waals surface area contributed by atoms with Gasteiger partial charge in [-0.15, -0.1) is 0 Å². The molecule has 0 fully saturated rings. The second-order valence-corrected chi connectivity index (χ2v) is 3.97. The Morgan fingerprint density at radius 2 is 2.00 bits per heavy atom. The zero-order valence-corrected chi connectivity index (χ0v) is 8.99. The van der Waals surface area contributed by atoms with Gasteiger partial charge in [0.1, 0.15) is 0 Å². The molecule has 0 spiro atoms. The number of aliphatic hydroxyl groups is 1. The summed E-state index contributed by atoms with van der Waals surface area (Å²) >= 11 is 0. The fourth-order valence-corrected chi connectivity index (χ4v) is 1.49. The van der Waals surface area contributed by atoms with Gasteiger partial charge in [0.25, 0.3) is 0 Å². The van der Waals surface area contributed by atoms with Crippen LogP contribution in [0.3, 0.4) is 0 Å².